The van der Waals surface area contributed by atoms with Crippen LogP contribution in [0.5, 0.6) is 5.75 Å². The van der Waals surface area contributed by atoms with Crippen LogP contribution in [0.25, 0.3) is 5.32 Å². The zero-order valence-corrected chi connectivity index (χ0v) is 10.8. The van der Waals surface area contributed by atoms with E-state index in [1.165, 1.54) is 12.1 Å². The Bertz CT molecular complexity index is 393. The van der Waals surface area contributed by atoms with Crippen molar-refractivity contribution in [1.82, 2.24) is 0 Å². The van der Waals surface area contributed by atoms with Crippen LogP contribution < -0.4 is 23.6 Å². The van der Waals surface area contributed by atoms with E-state index >= 15 is 0 Å². The monoisotopic (exact) mass is 267 g/mol. The molecule has 1 aromatic rings. The summed E-state index contributed by atoms with van der Waals surface area (Å²) >= 11 is 0. The van der Waals surface area contributed by atoms with Crippen LogP contribution in [0.15, 0.2) is 24.3 Å². The zero-order chi connectivity index (χ0) is 13.6. The van der Waals surface area contributed by atoms with Crippen molar-refractivity contribution >= 4 is 11.6 Å². The molecule has 0 heterocycles. The summed E-state index contributed by atoms with van der Waals surface area (Å²) in [6.45, 7) is 1.95. The van der Waals surface area contributed by atoms with E-state index in [4.69, 9.17) is 0 Å². The second-order valence-electron chi connectivity index (χ2n) is 3.65. The Morgan fingerprint density at radius 3 is 2.32 bits per heavy atom. The number of amides is 1. The molecule has 0 spiro atoms. The van der Waals surface area contributed by atoms with Crippen LogP contribution in [0.1, 0.15) is 26.2 Å². The smallest absolute Gasteiger partial charge is 0.627 e. The topological polar surface area (TPSA) is 40.4 Å². The molecule has 0 radical (unpaired) electrons. The maximum atomic E-state index is 11.9. The van der Waals surface area contributed by atoms with Crippen LogP contribution >= 0.6 is 0 Å². The minimum Gasteiger partial charge on any atom is -0.627 e. The number of alkyl halides is 3. The molecule has 0 saturated carbocycles. The molecule has 0 saturated heterocycles. The van der Waals surface area contributed by atoms with Crippen LogP contribution in [-0.2, 0) is 4.79 Å². The average molecular weight is 267 g/mol. The number of unbranched alkanes of at least 4 members (excludes halogenated alkanes) is 1. The molecule has 3 nitrogen and oxygen atoms in total. The summed E-state index contributed by atoms with van der Waals surface area (Å²) in [6.07, 6.45) is -2.73. The van der Waals surface area contributed by atoms with Crippen LogP contribution in [0, 0.1) is 0 Å². The van der Waals surface area contributed by atoms with E-state index in [1.807, 2.05) is 6.92 Å². The van der Waals surface area contributed by atoms with Crippen molar-refractivity contribution in [2.24, 2.45) is 0 Å². The third-order valence-electron chi connectivity index (χ3n) is 2.07. The van der Waals surface area contributed by atoms with Crippen molar-refractivity contribution in [3.05, 3.63) is 29.6 Å². The second kappa shape index (κ2) is 8.13. The normalized spacial score (nSPS) is 10.5. The Balaban J connectivity index is 0.00000324. The van der Waals surface area contributed by atoms with Crippen molar-refractivity contribution in [3.63, 3.8) is 0 Å². The first-order valence-electron chi connectivity index (χ1n) is 5.51. The summed E-state index contributed by atoms with van der Waals surface area (Å²) in [5.41, 5.74) is 0.325. The van der Waals surface area contributed by atoms with Gasteiger partial charge in [0.1, 0.15) is 5.75 Å². The maximum absolute atomic E-state index is 11.9. The first-order chi connectivity index (χ1) is 8.40. The summed E-state index contributed by atoms with van der Waals surface area (Å²) in [4.78, 5) is 11.3. The molecule has 100 valence electrons. The van der Waals surface area contributed by atoms with Crippen molar-refractivity contribution in [2.75, 3.05) is 0 Å². The first-order valence-corrected chi connectivity index (χ1v) is 5.51. The van der Waals surface area contributed by atoms with Gasteiger partial charge in [0.25, 0.3) is 0 Å². The van der Waals surface area contributed by atoms with Gasteiger partial charge < -0.3 is 14.8 Å². The zero-order valence-electron chi connectivity index (χ0n) is 10.8. The summed E-state index contributed by atoms with van der Waals surface area (Å²) in [6, 6.07) is 4.87. The van der Waals surface area contributed by atoms with Crippen molar-refractivity contribution in [2.45, 2.75) is 32.5 Å². The Morgan fingerprint density at radius 2 is 1.84 bits per heavy atom. The third-order valence-corrected chi connectivity index (χ3v) is 2.07. The molecule has 19 heavy (non-hydrogen) atoms. The Kier molecular flexibility index (Phi) is 7.65. The van der Waals surface area contributed by atoms with Crippen molar-refractivity contribution < 1.29 is 41.6 Å². The van der Waals surface area contributed by atoms with Crippen molar-refractivity contribution in [1.29, 1.82) is 0 Å². The van der Waals surface area contributed by atoms with Gasteiger partial charge >= 0.3 is 25.2 Å². The molecule has 0 aliphatic heterocycles. The minimum absolute atomic E-state index is 0. The fraction of sp³-hybridized carbons (Fsp3) is 0.417. The van der Waals surface area contributed by atoms with Gasteiger partial charge in [-0.1, -0.05) is 25.5 Å². The van der Waals surface area contributed by atoms with Crippen LogP contribution in [-0.4, -0.2) is 12.3 Å². The first kappa shape index (κ1) is 17.9. The quantitative estimate of drug-likeness (QED) is 0.755. The standard InChI is InChI=1S/C12H14F3NO2.Li/c1-2-3-4-11(17)16-9-5-7-10(8-6-9)18-12(13,14)15;/h5-8H,2-4H2,1H3,(H,16,17);/q;+1/p-1. The Morgan fingerprint density at radius 1 is 1.26 bits per heavy atom. The van der Waals surface area contributed by atoms with Gasteiger partial charge in [-0.05, 0) is 25.0 Å². The average Bonchev–Trinajstić information content (AvgIpc) is 2.27. The molecule has 0 aliphatic carbocycles. The fourth-order valence-corrected chi connectivity index (χ4v) is 1.25. The summed E-state index contributed by atoms with van der Waals surface area (Å²) in [7, 11) is 0. The Labute approximate surface area is 121 Å². The second-order valence-corrected chi connectivity index (χ2v) is 3.65. The van der Waals surface area contributed by atoms with Gasteiger partial charge in [-0.15, -0.1) is 18.9 Å². The van der Waals surface area contributed by atoms with E-state index in [-0.39, 0.29) is 30.5 Å². The predicted molar refractivity (Wildman–Crippen MR) is 60.7 cm³/mol. The molecular weight excluding hydrogens is 254 g/mol. The van der Waals surface area contributed by atoms with E-state index in [1.54, 1.807) is 0 Å². The number of carbonyl (C=O) groups excluding carboxylic acids is 1. The molecule has 1 rings (SSSR count). The summed E-state index contributed by atoms with van der Waals surface area (Å²) in [5, 5.41) is 3.76. The van der Waals surface area contributed by atoms with Gasteiger partial charge in [-0.3, -0.25) is 0 Å². The SMILES string of the molecule is CCCCC(=O)[N-]c1ccc(OC(F)(F)F)cc1.[Li+]. The number of ether oxygens (including phenoxy) is 1. The molecule has 0 unspecified atom stereocenters. The van der Waals surface area contributed by atoms with Gasteiger partial charge in [0.2, 0.25) is 0 Å². The molecule has 1 amide bonds. The number of halogens is 3. The number of rotatable bonds is 5. The molecule has 0 fully saturated rings. The number of benzene rings is 1. The van der Waals surface area contributed by atoms with Crippen LogP contribution in [0.4, 0.5) is 18.9 Å². The van der Waals surface area contributed by atoms with Gasteiger partial charge in [0.15, 0.2) is 0 Å². The fourth-order valence-electron chi connectivity index (χ4n) is 1.25. The number of nitrogens with zero attached hydrogens (tertiary/aromatic N) is 1. The van der Waals surface area contributed by atoms with Crippen LogP contribution in [0.3, 0.4) is 0 Å². The Hall–Kier alpha value is -1.12. The molecule has 0 atom stereocenters. The number of carbonyl (C=O) groups is 1. The van der Waals surface area contributed by atoms with Gasteiger partial charge in [-0.2, -0.15) is 0 Å². The molecule has 1 aromatic carbocycles. The van der Waals surface area contributed by atoms with E-state index in [0.717, 1.165) is 25.0 Å². The summed E-state index contributed by atoms with van der Waals surface area (Å²) in [5.74, 6) is -0.608. The minimum atomic E-state index is -4.71. The van der Waals surface area contributed by atoms with E-state index < -0.39 is 6.36 Å². The van der Waals surface area contributed by atoms with E-state index in [2.05, 4.69) is 10.1 Å². The summed E-state index contributed by atoms with van der Waals surface area (Å²) < 4.78 is 39.4. The van der Waals surface area contributed by atoms with Crippen molar-refractivity contribution in [3.8, 4) is 5.75 Å². The maximum Gasteiger partial charge on any atom is 1.00 e. The number of hydrogen-bond acceptors (Lipinski definition) is 2. The molecule has 0 N–H and O–H groups in total. The molecular formula is C12H13F3LiNO2. The molecule has 0 aliphatic rings. The molecule has 7 heteroatoms. The largest absolute Gasteiger partial charge is 1.00 e. The molecule has 0 bridgehead atoms. The third kappa shape index (κ3) is 7.80. The van der Waals surface area contributed by atoms with Gasteiger partial charge in [0, 0.05) is 0 Å². The van der Waals surface area contributed by atoms with E-state index in [0.29, 0.717) is 12.1 Å². The van der Waals surface area contributed by atoms with E-state index in [9.17, 15) is 18.0 Å². The number of hydrogen-bond donors (Lipinski definition) is 0. The van der Waals surface area contributed by atoms with Gasteiger partial charge in [0.05, 0.1) is 5.91 Å². The molecule has 0 aromatic heterocycles. The predicted octanol–water partition coefficient (Wildman–Crippen LogP) is 1.31. The van der Waals surface area contributed by atoms with Crippen LogP contribution in [0.2, 0.25) is 0 Å². The van der Waals surface area contributed by atoms with Gasteiger partial charge in [-0.25, -0.2) is 0 Å².